The van der Waals surface area contributed by atoms with E-state index in [4.69, 9.17) is 4.74 Å². The highest BCUT2D eigenvalue weighted by Crippen LogP contribution is 2.26. The van der Waals surface area contributed by atoms with E-state index in [-0.39, 0.29) is 0 Å². The number of nitrogens with zero attached hydrogens (tertiary/aromatic N) is 1. The first kappa shape index (κ1) is 15.3. The first-order chi connectivity index (χ1) is 9.08. The summed E-state index contributed by atoms with van der Waals surface area (Å²) in [5.74, 6) is 0.640. The Morgan fingerprint density at radius 3 is 2.58 bits per heavy atom. The molecule has 0 aromatic rings. The minimum Gasteiger partial charge on any atom is -0.378 e. The van der Waals surface area contributed by atoms with Gasteiger partial charge in [0.2, 0.25) is 0 Å². The largest absolute Gasteiger partial charge is 0.378 e. The predicted octanol–water partition coefficient (Wildman–Crippen LogP) is 2.65. The van der Waals surface area contributed by atoms with Crippen LogP contribution in [0, 0.1) is 5.92 Å². The van der Waals surface area contributed by atoms with Crippen molar-refractivity contribution in [1.82, 2.24) is 10.2 Å². The molecule has 0 saturated carbocycles. The molecular formula is C16H32N2O. The summed E-state index contributed by atoms with van der Waals surface area (Å²) in [5.41, 5.74) is 0. The molecule has 3 unspecified atom stereocenters. The van der Waals surface area contributed by atoms with E-state index in [9.17, 15) is 0 Å². The van der Waals surface area contributed by atoms with Gasteiger partial charge in [0.1, 0.15) is 0 Å². The summed E-state index contributed by atoms with van der Waals surface area (Å²) < 4.78 is 5.93. The maximum absolute atomic E-state index is 5.93. The zero-order chi connectivity index (χ0) is 13.8. The average Bonchev–Trinajstić information content (AvgIpc) is 2.88. The molecule has 0 aromatic heterocycles. The van der Waals surface area contributed by atoms with Crippen LogP contribution in [0.4, 0.5) is 0 Å². The van der Waals surface area contributed by atoms with Crippen molar-refractivity contribution in [3.63, 3.8) is 0 Å². The van der Waals surface area contributed by atoms with Crippen molar-refractivity contribution in [3.05, 3.63) is 0 Å². The standard InChI is InChI=1S/C16H32N2O/c1-12(2)16-10-15(7-9-19-16)18(13(3)4)11-14-6-5-8-17-14/h12-17H,5-11H2,1-4H3. The van der Waals surface area contributed by atoms with Gasteiger partial charge < -0.3 is 10.1 Å². The minimum atomic E-state index is 0.455. The Balaban J connectivity index is 1.93. The van der Waals surface area contributed by atoms with E-state index in [1.54, 1.807) is 0 Å². The van der Waals surface area contributed by atoms with Crippen LogP contribution in [0.15, 0.2) is 0 Å². The fraction of sp³-hybridized carbons (Fsp3) is 1.00. The van der Waals surface area contributed by atoms with Gasteiger partial charge in [-0.15, -0.1) is 0 Å². The second-order valence-electron chi connectivity index (χ2n) is 6.92. The molecule has 0 aromatic carbocycles. The molecule has 0 bridgehead atoms. The Bertz CT molecular complexity index is 261. The Hall–Kier alpha value is -0.120. The van der Waals surface area contributed by atoms with E-state index in [2.05, 4.69) is 37.9 Å². The molecule has 2 fully saturated rings. The lowest BCUT2D eigenvalue weighted by Crippen LogP contribution is -2.50. The van der Waals surface area contributed by atoms with Crippen LogP contribution in [-0.2, 0) is 4.74 Å². The van der Waals surface area contributed by atoms with Gasteiger partial charge in [-0.2, -0.15) is 0 Å². The molecule has 1 N–H and O–H groups in total. The summed E-state index contributed by atoms with van der Waals surface area (Å²) in [5, 5.41) is 3.64. The predicted molar refractivity (Wildman–Crippen MR) is 80.5 cm³/mol. The van der Waals surface area contributed by atoms with Crippen LogP contribution in [-0.4, -0.2) is 48.8 Å². The molecule has 3 nitrogen and oxygen atoms in total. The highest BCUT2D eigenvalue weighted by atomic mass is 16.5. The van der Waals surface area contributed by atoms with Crippen LogP contribution in [0.1, 0.15) is 53.4 Å². The summed E-state index contributed by atoms with van der Waals surface area (Å²) in [4.78, 5) is 2.72. The van der Waals surface area contributed by atoms with Gasteiger partial charge in [-0.05, 0) is 52.0 Å². The fourth-order valence-corrected chi connectivity index (χ4v) is 3.52. The molecule has 0 radical (unpaired) electrons. The highest BCUT2D eigenvalue weighted by molar-refractivity contribution is 4.86. The number of hydrogen-bond donors (Lipinski definition) is 1. The van der Waals surface area contributed by atoms with Gasteiger partial charge in [0.15, 0.2) is 0 Å². The van der Waals surface area contributed by atoms with Crippen molar-refractivity contribution in [1.29, 1.82) is 0 Å². The van der Waals surface area contributed by atoms with Crippen molar-refractivity contribution in [3.8, 4) is 0 Å². The zero-order valence-corrected chi connectivity index (χ0v) is 13.2. The highest BCUT2D eigenvalue weighted by Gasteiger charge is 2.31. The molecule has 2 aliphatic rings. The van der Waals surface area contributed by atoms with Crippen molar-refractivity contribution in [2.24, 2.45) is 5.92 Å². The molecule has 3 atom stereocenters. The molecule has 112 valence electrons. The second kappa shape index (κ2) is 7.05. The molecule has 2 rings (SSSR count). The van der Waals surface area contributed by atoms with Gasteiger partial charge in [0, 0.05) is 31.3 Å². The lowest BCUT2D eigenvalue weighted by molar-refractivity contribution is -0.0550. The van der Waals surface area contributed by atoms with E-state index >= 15 is 0 Å². The van der Waals surface area contributed by atoms with E-state index in [1.807, 2.05) is 0 Å². The van der Waals surface area contributed by atoms with Crippen molar-refractivity contribution in [2.75, 3.05) is 19.7 Å². The van der Waals surface area contributed by atoms with Crippen LogP contribution in [0.5, 0.6) is 0 Å². The average molecular weight is 268 g/mol. The van der Waals surface area contributed by atoms with Crippen LogP contribution in [0.25, 0.3) is 0 Å². The van der Waals surface area contributed by atoms with Crippen molar-refractivity contribution >= 4 is 0 Å². The first-order valence-electron chi connectivity index (χ1n) is 8.18. The summed E-state index contributed by atoms with van der Waals surface area (Å²) in [7, 11) is 0. The topological polar surface area (TPSA) is 24.5 Å². The Kier molecular flexibility index (Phi) is 5.67. The molecule has 19 heavy (non-hydrogen) atoms. The number of hydrogen-bond acceptors (Lipinski definition) is 3. The number of rotatable bonds is 5. The van der Waals surface area contributed by atoms with E-state index in [0.717, 1.165) is 6.61 Å². The Morgan fingerprint density at radius 1 is 1.21 bits per heavy atom. The molecule has 0 aliphatic carbocycles. The third kappa shape index (κ3) is 4.17. The minimum absolute atomic E-state index is 0.455. The van der Waals surface area contributed by atoms with Gasteiger partial charge in [-0.3, -0.25) is 4.90 Å². The van der Waals surface area contributed by atoms with Crippen molar-refractivity contribution in [2.45, 2.75) is 77.6 Å². The maximum atomic E-state index is 5.93. The maximum Gasteiger partial charge on any atom is 0.0612 e. The summed E-state index contributed by atoms with van der Waals surface area (Å²) >= 11 is 0. The summed E-state index contributed by atoms with van der Waals surface area (Å²) in [6.45, 7) is 12.6. The molecule has 2 heterocycles. The lowest BCUT2D eigenvalue weighted by Gasteiger charge is -2.42. The summed E-state index contributed by atoms with van der Waals surface area (Å²) in [6, 6.07) is 2.06. The van der Waals surface area contributed by atoms with Crippen LogP contribution >= 0.6 is 0 Å². The van der Waals surface area contributed by atoms with Gasteiger partial charge >= 0.3 is 0 Å². The molecule has 0 spiro atoms. The Morgan fingerprint density at radius 2 is 2.00 bits per heavy atom. The van der Waals surface area contributed by atoms with E-state index in [0.29, 0.717) is 30.1 Å². The SMILES string of the molecule is CC(C)C1CC(N(CC2CCCN2)C(C)C)CCO1. The quantitative estimate of drug-likeness (QED) is 0.829. The molecule has 0 amide bonds. The fourth-order valence-electron chi connectivity index (χ4n) is 3.52. The second-order valence-corrected chi connectivity index (χ2v) is 6.92. The zero-order valence-electron chi connectivity index (χ0n) is 13.2. The third-order valence-corrected chi connectivity index (χ3v) is 4.76. The van der Waals surface area contributed by atoms with Crippen LogP contribution < -0.4 is 5.32 Å². The monoisotopic (exact) mass is 268 g/mol. The van der Waals surface area contributed by atoms with Gasteiger partial charge in [0.05, 0.1) is 6.10 Å². The van der Waals surface area contributed by atoms with E-state index < -0.39 is 0 Å². The van der Waals surface area contributed by atoms with Crippen LogP contribution in [0.3, 0.4) is 0 Å². The normalized spacial score (nSPS) is 32.7. The van der Waals surface area contributed by atoms with Gasteiger partial charge in [0.25, 0.3) is 0 Å². The smallest absolute Gasteiger partial charge is 0.0612 e. The molecule has 3 heteroatoms. The van der Waals surface area contributed by atoms with Gasteiger partial charge in [-0.25, -0.2) is 0 Å². The van der Waals surface area contributed by atoms with E-state index in [1.165, 1.54) is 38.8 Å². The lowest BCUT2D eigenvalue weighted by atomic mass is 9.93. The number of nitrogens with one attached hydrogen (secondary N) is 1. The molecular weight excluding hydrogens is 236 g/mol. The summed E-state index contributed by atoms with van der Waals surface area (Å²) in [6.07, 6.45) is 5.56. The number of ether oxygens (including phenoxy) is 1. The first-order valence-corrected chi connectivity index (χ1v) is 8.18. The molecule has 2 saturated heterocycles. The Labute approximate surface area is 119 Å². The van der Waals surface area contributed by atoms with Crippen LogP contribution in [0.2, 0.25) is 0 Å². The molecule has 2 aliphatic heterocycles. The van der Waals surface area contributed by atoms with Gasteiger partial charge in [-0.1, -0.05) is 13.8 Å². The third-order valence-electron chi connectivity index (χ3n) is 4.76. The van der Waals surface area contributed by atoms with Crippen molar-refractivity contribution < 1.29 is 4.74 Å².